The Morgan fingerprint density at radius 1 is 0.512 bits per heavy atom. The predicted molar refractivity (Wildman–Crippen MR) is 164 cm³/mol. The van der Waals surface area contributed by atoms with Gasteiger partial charge in [-0.1, -0.05) is 103 Å². The number of ether oxygens (including phenoxy) is 1. The van der Waals surface area contributed by atoms with E-state index >= 15 is 0 Å². The summed E-state index contributed by atoms with van der Waals surface area (Å²) in [5.41, 5.74) is 11.1. The Balaban J connectivity index is 1.39. The van der Waals surface area contributed by atoms with Gasteiger partial charge in [0.2, 0.25) is 0 Å². The molecule has 1 spiro atoms. The number of imidazole rings is 1. The maximum Gasteiger partial charge on any atom is 0.145 e. The van der Waals surface area contributed by atoms with Crippen molar-refractivity contribution in [3.8, 4) is 39.7 Å². The molecule has 0 saturated carbocycles. The quantitative estimate of drug-likeness (QED) is 0.225. The van der Waals surface area contributed by atoms with Gasteiger partial charge in [0.15, 0.2) is 0 Å². The van der Waals surface area contributed by atoms with E-state index in [-0.39, 0.29) is 0 Å². The van der Waals surface area contributed by atoms with E-state index in [1.165, 1.54) is 33.4 Å². The third kappa shape index (κ3) is 2.95. The molecule has 1 aromatic heterocycles. The SMILES string of the molecule is c1ccc(-n2c(-c3ccc4c(c3)C3(c5ccccc5Oc5ccccc53)c3ccccc3-4)nc3ccccc32)cc1. The Hall–Kier alpha value is -5.41. The van der Waals surface area contributed by atoms with E-state index in [2.05, 4.69) is 150 Å². The second kappa shape index (κ2) is 8.30. The number of para-hydroxylation sites is 5. The van der Waals surface area contributed by atoms with Gasteiger partial charge in [-0.05, 0) is 64.7 Å². The largest absolute Gasteiger partial charge is 0.457 e. The molecule has 192 valence electrons. The summed E-state index contributed by atoms with van der Waals surface area (Å²) in [7, 11) is 0. The molecule has 2 aliphatic rings. The molecule has 0 radical (unpaired) electrons. The smallest absolute Gasteiger partial charge is 0.145 e. The molecule has 41 heavy (non-hydrogen) atoms. The molecule has 3 nitrogen and oxygen atoms in total. The molecule has 0 N–H and O–H groups in total. The van der Waals surface area contributed by atoms with Crippen molar-refractivity contribution in [3.05, 3.63) is 168 Å². The highest BCUT2D eigenvalue weighted by Gasteiger charge is 2.51. The molecule has 6 aromatic carbocycles. The molecule has 0 amide bonds. The Bertz CT molecular complexity index is 2090. The topological polar surface area (TPSA) is 27.1 Å². The van der Waals surface area contributed by atoms with Crippen LogP contribution in [-0.4, -0.2) is 9.55 Å². The minimum absolute atomic E-state index is 0.503. The molecule has 0 saturated heterocycles. The third-order valence-electron chi connectivity index (χ3n) is 8.68. The van der Waals surface area contributed by atoms with Crippen LogP contribution in [0, 0.1) is 0 Å². The molecular weight excluding hydrogens is 500 g/mol. The van der Waals surface area contributed by atoms with Crippen molar-refractivity contribution in [2.75, 3.05) is 0 Å². The lowest BCUT2D eigenvalue weighted by Gasteiger charge is -2.39. The van der Waals surface area contributed by atoms with Gasteiger partial charge in [0.25, 0.3) is 0 Å². The number of aromatic nitrogens is 2. The molecule has 1 aliphatic carbocycles. The summed E-state index contributed by atoms with van der Waals surface area (Å²) in [6.45, 7) is 0. The first-order valence-electron chi connectivity index (χ1n) is 14.0. The highest BCUT2D eigenvalue weighted by Crippen LogP contribution is 2.62. The summed E-state index contributed by atoms with van der Waals surface area (Å²) >= 11 is 0. The Morgan fingerprint density at radius 2 is 1.12 bits per heavy atom. The molecule has 1 aliphatic heterocycles. The normalized spacial score (nSPS) is 13.8. The van der Waals surface area contributed by atoms with Crippen molar-refractivity contribution in [1.82, 2.24) is 9.55 Å². The molecule has 3 heteroatoms. The van der Waals surface area contributed by atoms with E-state index in [0.29, 0.717) is 0 Å². The second-order valence-corrected chi connectivity index (χ2v) is 10.7. The van der Waals surface area contributed by atoms with Crippen LogP contribution in [0.3, 0.4) is 0 Å². The average molecular weight is 525 g/mol. The molecule has 9 rings (SSSR count). The summed E-state index contributed by atoms with van der Waals surface area (Å²) in [6, 6.07) is 51.6. The maximum absolute atomic E-state index is 6.51. The van der Waals surface area contributed by atoms with Gasteiger partial charge in [0, 0.05) is 22.4 Å². The lowest BCUT2D eigenvalue weighted by Crippen LogP contribution is -2.32. The zero-order valence-corrected chi connectivity index (χ0v) is 22.2. The van der Waals surface area contributed by atoms with E-state index in [0.717, 1.165) is 39.6 Å². The van der Waals surface area contributed by atoms with Crippen molar-refractivity contribution in [1.29, 1.82) is 0 Å². The second-order valence-electron chi connectivity index (χ2n) is 10.7. The van der Waals surface area contributed by atoms with Crippen LogP contribution in [0.2, 0.25) is 0 Å². The van der Waals surface area contributed by atoms with E-state index in [1.54, 1.807) is 0 Å². The van der Waals surface area contributed by atoms with Gasteiger partial charge in [-0.15, -0.1) is 0 Å². The molecule has 2 heterocycles. The van der Waals surface area contributed by atoms with E-state index in [9.17, 15) is 0 Å². The summed E-state index contributed by atoms with van der Waals surface area (Å²) in [4.78, 5) is 5.19. The zero-order chi connectivity index (χ0) is 27.0. The van der Waals surface area contributed by atoms with Crippen LogP contribution in [0.4, 0.5) is 0 Å². The van der Waals surface area contributed by atoms with Crippen molar-refractivity contribution < 1.29 is 4.74 Å². The highest BCUT2D eigenvalue weighted by atomic mass is 16.5. The fraction of sp³-hybridized carbons (Fsp3) is 0.0263. The standard InChI is InChI=1S/C38H24N2O/c1-2-12-26(13-3-1)40-34-19-9-8-18-33(34)39-37(40)25-22-23-28-27-14-4-5-15-29(27)38(32(28)24-25)30-16-6-10-20-35(30)41-36-21-11-7-17-31(36)38/h1-24H. The van der Waals surface area contributed by atoms with E-state index in [4.69, 9.17) is 9.72 Å². The van der Waals surface area contributed by atoms with E-state index in [1.807, 2.05) is 0 Å². The number of benzene rings is 6. The molecule has 0 fully saturated rings. The summed E-state index contributed by atoms with van der Waals surface area (Å²) in [6.07, 6.45) is 0. The molecule has 0 unspecified atom stereocenters. The average Bonchev–Trinajstić information content (AvgIpc) is 3.56. The lowest BCUT2D eigenvalue weighted by molar-refractivity contribution is 0.436. The fourth-order valence-electron chi connectivity index (χ4n) is 7.05. The first-order chi connectivity index (χ1) is 20.3. The third-order valence-corrected chi connectivity index (χ3v) is 8.68. The first-order valence-corrected chi connectivity index (χ1v) is 14.0. The van der Waals surface area contributed by atoms with Crippen molar-refractivity contribution in [2.24, 2.45) is 0 Å². The first kappa shape index (κ1) is 22.4. The predicted octanol–water partition coefficient (Wildman–Crippen LogP) is 9.16. The highest BCUT2D eigenvalue weighted by molar-refractivity contribution is 5.91. The van der Waals surface area contributed by atoms with Gasteiger partial charge < -0.3 is 4.74 Å². The molecule has 7 aromatic rings. The van der Waals surface area contributed by atoms with Gasteiger partial charge in [-0.3, -0.25) is 4.57 Å². The minimum atomic E-state index is -0.503. The maximum atomic E-state index is 6.51. The van der Waals surface area contributed by atoms with Crippen molar-refractivity contribution in [3.63, 3.8) is 0 Å². The summed E-state index contributed by atoms with van der Waals surface area (Å²) in [5, 5.41) is 0. The molecular formula is C38H24N2O. The van der Waals surface area contributed by atoms with Crippen molar-refractivity contribution >= 4 is 11.0 Å². The van der Waals surface area contributed by atoms with Crippen LogP contribution >= 0.6 is 0 Å². The van der Waals surface area contributed by atoms with Gasteiger partial charge in [0.1, 0.15) is 17.3 Å². The summed E-state index contributed by atoms with van der Waals surface area (Å²) in [5.74, 6) is 2.73. The number of rotatable bonds is 2. The van der Waals surface area contributed by atoms with Crippen LogP contribution in [-0.2, 0) is 5.41 Å². The van der Waals surface area contributed by atoms with Crippen LogP contribution < -0.4 is 4.74 Å². The number of hydrogen-bond acceptors (Lipinski definition) is 2. The van der Waals surface area contributed by atoms with Crippen LogP contribution in [0.25, 0.3) is 39.2 Å². The molecule has 0 atom stereocenters. The Morgan fingerprint density at radius 3 is 1.90 bits per heavy atom. The van der Waals surface area contributed by atoms with Gasteiger partial charge >= 0.3 is 0 Å². The van der Waals surface area contributed by atoms with Crippen LogP contribution in [0.5, 0.6) is 11.5 Å². The van der Waals surface area contributed by atoms with Gasteiger partial charge in [-0.25, -0.2) is 4.98 Å². The van der Waals surface area contributed by atoms with Gasteiger partial charge in [0.05, 0.1) is 16.4 Å². The molecule has 0 bridgehead atoms. The zero-order valence-electron chi connectivity index (χ0n) is 22.2. The summed E-state index contributed by atoms with van der Waals surface area (Å²) < 4.78 is 8.78. The van der Waals surface area contributed by atoms with E-state index < -0.39 is 5.41 Å². The van der Waals surface area contributed by atoms with Crippen LogP contribution in [0.15, 0.2) is 146 Å². The monoisotopic (exact) mass is 524 g/mol. The Labute approximate surface area is 238 Å². The fourth-order valence-corrected chi connectivity index (χ4v) is 7.05. The number of hydrogen-bond donors (Lipinski definition) is 0. The lowest BCUT2D eigenvalue weighted by atomic mass is 9.66. The van der Waals surface area contributed by atoms with Crippen molar-refractivity contribution in [2.45, 2.75) is 5.41 Å². The van der Waals surface area contributed by atoms with Gasteiger partial charge in [-0.2, -0.15) is 0 Å². The Kier molecular flexibility index (Phi) is 4.53. The van der Waals surface area contributed by atoms with Crippen LogP contribution in [0.1, 0.15) is 22.3 Å². The number of fused-ring (bicyclic) bond motifs is 10. The number of nitrogens with zero attached hydrogens (tertiary/aromatic N) is 2. The minimum Gasteiger partial charge on any atom is -0.457 e.